The van der Waals surface area contributed by atoms with Gasteiger partial charge in [-0.05, 0) is 38.2 Å². The van der Waals surface area contributed by atoms with Crippen LogP contribution in [0.5, 0.6) is 0 Å². The van der Waals surface area contributed by atoms with Crippen molar-refractivity contribution >= 4 is 0 Å². The molecule has 0 amide bonds. The Balaban J connectivity index is 2.04. The van der Waals surface area contributed by atoms with E-state index in [0.29, 0.717) is 0 Å². The summed E-state index contributed by atoms with van der Waals surface area (Å²) in [5.74, 6) is 0. The highest BCUT2D eigenvalue weighted by Crippen LogP contribution is 2.38. The molecule has 0 aromatic heterocycles. The molecule has 0 spiro atoms. The van der Waals surface area contributed by atoms with E-state index in [9.17, 15) is 0 Å². The molecule has 0 aliphatic heterocycles. The number of hydrogen-bond donors (Lipinski definition) is 1. The average Bonchev–Trinajstić information content (AvgIpc) is 2.16. The van der Waals surface area contributed by atoms with Crippen LogP contribution in [0, 0.1) is 6.92 Å². The minimum atomic E-state index is -0.0518. The number of methoxy groups -OCH3 is 1. The summed E-state index contributed by atoms with van der Waals surface area (Å²) in [7, 11) is 1.79. The molecular formula is C14H21NO. The van der Waals surface area contributed by atoms with E-state index in [4.69, 9.17) is 10.5 Å². The summed E-state index contributed by atoms with van der Waals surface area (Å²) in [5, 5.41) is 0. The van der Waals surface area contributed by atoms with Gasteiger partial charge in [-0.1, -0.05) is 29.8 Å². The van der Waals surface area contributed by atoms with Gasteiger partial charge in [-0.25, -0.2) is 0 Å². The van der Waals surface area contributed by atoms with Gasteiger partial charge in [0, 0.05) is 13.2 Å². The van der Waals surface area contributed by atoms with Crippen LogP contribution < -0.4 is 5.73 Å². The molecule has 2 heteroatoms. The quantitative estimate of drug-likeness (QED) is 0.844. The monoisotopic (exact) mass is 219 g/mol. The molecular weight excluding hydrogens is 198 g/mol. The van der Waals surface area contributed by atoms with Crippen molar-refractivity contribution in [1.29, 1.82) is 0 Å². The fourth-order valence-corrected chi connectivity index (χ4v) is 2.53. The number of nitrogens with two attached hydrogens (primary N) is 1. The van der Waals surface area contributed by atoms with E-state index in [-0.39, 0.29) is 11.6 Å². The standard InChI is InChI=1S/C14H21NO/c1-11-5-3-6-12(9-11)10-13(15)14(16-2)7-4-8-14/h3,5-6,9,13H,4,7-8,10,15H2,1-2H3. The van der Waals surface area contributed by atoms with Crippen molar-refractivity contribution in [3.05, 3.63) is 35.4 Å². The highest BCUT2D eigenvalue weighted by atomic mass is 16.5. The topological polar surface area (TPSA) is 35.2 Å². The number of benzene rings is 1. The van der Waals surface area contributed by atoms with Gasteiger partial charge in [0.1, 0.15) is 0 Å². The molecule has 88 valence electrons. The first-order chi connectivity index (χ1) is 7.66. The van der Waals surface area contributed by atoms with Crippen molar-refractivity contribution < 1.29 is 4.74 Å². The first-order valence-electron chi connectivity index (χ1n) is 6.02. The Hall–Kier alpha value is -0.860. The largest absolute Gasteiger partial charge is 0.377 e. The van der Waals surface area contributed by atoms with E-state index in [1.807, 2.05) is 0 Å². The Labute approximate surface area is 97.8 Å². The third kappa shape index (κ3) is 2.13. The molecule has 2 N–H and O–H groups in total. The van der Waals surface area contributed by atoms with E-state index in [1.54, 1.807) is 7.11 Å². The normalized spacial score (nSPS) is 20.2. The highest BCUT2D eigenvalue weighted by Gasteiger charge is 2.42. The third-order valence-electron chi connectivity index (χ3n) is 3.82. The first-order valence-corrected chi connectivity index (χ1v) is 6.02. The molecule has 0 heterocycles. The Bertz CT molecular complexity index is 352. The second-order valence-corrected chi connectivity index (χ2v) is 4.92. The van der Waals surface area contributed by atoms with Crippen molar-refractivity contribution in [2.75, 3.05) is 7.11 Å². The maximum absolute atomic E-state index is 6.28. The van der Waals surface area contributed by atoms with Crippen LogP contribution in [0.4, 0.5) is 0 Å². The molecule has 16 heavy (non-hydrogen) atoms. The predicted molar refractivity (Wildman–Crippen MR) is 66.4 cm³/mol. The Kier molecular flexibility index (Phi) is 3.31. The van der Waals surface area contributed by atoms with E-state index in [1.165, 1.54) is 17.5 Å². The fourth-order valence-electron chi connectivity index (χ4n) is 2.53. The zero-order chi connectivity index (χ0) is 11.6. The van der Waals surface area contributed by atoms with Gasteiger partial charge in [-0.15, -0.1) is 0 Å². The lowest BCUT2D eigenvalue weighted by molar-refractivity contribution is -0.0897. The molecule has 0 saturated heterocycles. The van der Waals surface area contributed by atoms with Gasteiger partial charge in [0.05, 0.1) is 5.60 Å². The number of hydrogen-bond acceptors (Lipinski definition) is 2. The Morgan fingerprint density at radius 2 is 2.19 bits per heavy atom. The maximum atomic E-state index is 6.28. The average molecular weight is 219 g/mol. The van der Waals surface area contributed by atoms with Gasteiger partial charge < -0.3 is 10.5 Å². The zero-order valence-electron chi connectivity index (χ0n) is 10.2. The smallest absolute Gasteiger partial charge is 0.0832 e. The van der Waals surface area contributed by atoms with Crippen LogP contribution >= 0.6 is 0 Å². The molecule has 1 aliphatic carbocycles. The number of rotatable bonds is 4. The molecule has 1 aliphatic rings. The third-order valence-corrected chi connectivity index (χ3v) is 3.82. The van der Waals surface area contributed by atoms with Gasteiger partial charge in [0.15, 0.2) is 0 Å². The molecule has 1 fully saturated rings. The van der Waals surface area contributed by atoms with Gasteiger partial charge in [0.25, 0.3) is 0 Å². The summed E-state index contributed by atoms with van der Waals surface area (Å²) in [5.41, 5.74) is 8.84. The molecule has 1 unspecified atom stereocenters. The molecule has 0 radical (unpaired) electrons. The predicted octanol–water partition coefficient (Wildman–Crippen LogP) is 2.43. The first kappa shape index (κ1) is 11.6. The fraction of sp³-hybridized carbons (Fsp3) is 0.571. The van der Waals surface area contributed by atoms with Crippen molar-refractivity contribution in [3.63, 3.8) is 0 Å². The minimum Gasteiger partial charge on any atom is -0.377 e. The van der Waals surface area contributed by atoms with Crippen molar-refractivity contribution in [1.82, 2.24) is 0 Å². The highest BCUT2D eigenvalue weighted by molar-refractivity contribution is 5.23. The SMILES string of the molecule is COC1(C(N)Cc2cccc(C)c2)CCC1. The summed E-state index contributed by atoms with van der Waals surface area (Å²) in [6.07, 6.45) is 4.37. The minimum absolute atomic E-state index is 0.0518. The van der Waals surface area contributed by atoms with Crippen LogP contribution in [0.25, 0.3) is 0 Å². The Morgan fingerprint density at radius 3 is 2.69 bits per heavy atom. The number of aryl methyl sites for hydroxylation is 1. The summed E-state index contributed by atoms with van der Waals surface area (Å²) < 4.78 is 5.61. The van der Waals surface area contributed by atoms with Crippen LogP contribution in [-0.4, -0.2) is 18.8 Å². The zero-order valence-corrected chi connectivity index (χ0v) is 10.2. The van der Waals surface area contributed by atoms with Crippen LogP contribution in [0.2, 0.25) is 0 Å². The maximum Gasteiger partial charge on any atom is 0.0832 e. The molecule has 1 saturated carbocycles. The van der Waals surface area contributed by atoms with Crippen molar-refractivity contribution in [3.8, 4) is 0 Å². The van der Waals surface area contributed by atoms with Crippen molar-refractivity contribution in [2.45, 2.75) is 44.2 Å². The van der Waals surface area contributed by atoms with E-state index in [2.05, 4.69) is 31.2 Å². The van der Waals surface area contributed by atoms with E-state index >= 15 is 0 Å². The summed E-state index contributed by atoms with van der Waals surface area (Å²) in [4.78, 5) is 0. The second-order valence-electron chi connectivity index (χ2n) is 4.92. The van der Waals surface area contributed by atoms with Gasteiger partial charge in [-0.2, -0.15) is 0 Å². The van der Waals surface area contributed by atoms with Gasteiger partial charge in [0.2, 0.25) is 0 Å². The van der Waals surface area contributed by atoms with Crippen LogP contribution in [0.15, 0.2) is 24.3 Å². The lowest BCUT2D eigenvalue weighted by Gasteiger charge is -2.45. The van der Waals surface area contributed by atoms with Gasteiger partial charge >= 0.3 is 0 Å². The lowest BCUT2D eigenvalue weighted by atomic mass is 9.73. The van der Waals surface area contributed by atoms with E-state index < -0.39 is 0 Å². The molecule has 0 bridgehead atoms. The van der Waals surface area contributed by atoms with Crippen LogP contribution in [0.3, 0.4) is 0 Å². The lowest BCUT2D eigenvalue weighted by Crippen LogP contribution is -2.55. The number of ether oxygens (including phenoxy) is 1. The molecule has 2 rings (SSSR count). The molecule has 1 aromatic carbocycles. The summed E-state index contributed by atoms with van der Waals surface area (Å²) in [6, 6.07) is 8.69. The van der Waals surface area contributed by atoms with Crippen molar-refractivity contribution in [2.24, 2.45) is 5.73 Å². The van der Waals surface area contributed by atoms with Crippen LogP contribution in [-0.2, 0) is 11.2 Å². The molecule has 2 nitrogen and oxygen atoms in total. The summed E-state index contributed by atoms with van der Waals surface area (Å²) >= 11 is 0. The van der Waals surface area contributed by atoms with Crippen LogP contribution in [0.1, 0.15) is 30.4 Å². The summed E-state index contributed by atoms with van der Waals surface area (Å²) in [6.45, 7) is 2.12. The molecule has 1 aromatic rings. The van der Waals surface area contributed by atoms with Gasteiger partial charge in [-0.3, -0.25) is 0 Å². The molecule has 1 atom stereocenters. The Morgan fingerprint density at radius 1 is 1.44 bits per heavy atom. The second kappa shape index (κ2) is 4.56. The van der Waals surface area contributed by atoms with E-state index in [0.717, 1.165) is 19.3 Å².